The lowest BCUT2D eigenvalue weighted by Crippen LogP contribution is -1.95. The molecule has 0 aromatic heterocycles. The van der Waals surface area contributed by atoms with Gasteiger partial charge in [0.2, 0.25) is 0 Å². The van der Waals surface area contributed by atoms with Crippen molar-refractivity contribution in [2.24, 2.45) is 9.98 Å². The van der Waals surface area contributed by atoms with Crippen molar-refractivity contribution in [1.82, 2.24) is 0 Å². The maximum absolute atomic E-state index is 11.0. The van der Waals surface area contributed by atoms with Crippen molar-refractivity contribution in [2.75, 3.05) is 0 Å². The van der Waals surface area contributed by atoms with Crippen LogP contribution in [0.1, 0.15) is 61.8 Å². The molecule has 0 atom stereocenters. The number of aliphatic imine (C=N–C) groups is 2. The first-order chi connectivity index (χ1) is 20.3. The molecule has 0 aliphatic carbocycles. The van der Waals surface area contributed by atoms with Gasteiger partial charge in [0, 0.05) is 23.6 Å². The molecule has 5 aromatic rings. The normalized spacial score (nSPS) is 11.8. The Morgan fingerprint density at radius 1 is 0.476 bits per heavy atom. The summed E-state index contributed by atoms with van der Waals surface area (Å²) < 4.78 is 0. The van der Waals surface area contributed by atoms with E-state index < -0.39 is 0 Å². The van der Waals surface area contributed by atoms with Crippen LogP contribution in [0.5, 0.6) is 11.5 Å². The lowest BCUT2D eigenvalue weighted by Gasteiger charge is -2.14. The van der Waals surface area contributed by atoms with E-state index in [0.717, 1.165) is 44.8 Å². The Morgan fingerprint density at radius 3 is 1.17 bits per heavy atom. The molecule has 2 N–H and O–H groups in total. The van der Waals surface area contributed by atoms with Gasteiger partial charge in [-0.2, -0.15) is 0 Å². The average Bonchev–Trinajstić information content (AvgIpc) is 3.01. The Labute approximate surface area is 248 Å². The van der Waals surface area contributed by atoms with Crippen molar-refractivity contribution >= 4 is 23.8 Å². The SMILES string of the molecule is CC(C)c1cc(-c2ccccc2)cc(C=Nc2ccc(N=Cc3cc(-c4ccccc4)cc(C(C)C)c3O)cc2)c1O. The molecule has 0 amide bonds. The van der Waals surface area contributed by atoms with Crippen LogP contribution in [0.25, 0.3) is 22.3 Å². The van der Waals surface area contributed by atoms with Crippen LogP contribution in [0.4, 0.5) is 11.4 Å². The summed E-state index contributed by atoms with van der Waals surface area (Å²) in [7, 11) is 0. The monoisotopic (exact) mass is 552 g/mol. The number of rotatable bonds is 8. The molecule has 4 nitrogen and oxygen atoms in total. The van der Waals surface area contributed by atoms with Crippen molar-refractivity contribution in [3.8, 4) is 33.8 Å². The number of benzene rings is 5. The average molecular weight is 553 g/mol. The second-order valence-electron chi connectivity index (χ2n) is 11.1. The molecule has 42 heavy (non-hydrogen) atoms. The minimum atomic E-state index is 0.169. The predicted octanol–water partition coefficient (Wildman–Crippen LogP) is 10.2. The fourth-order valence-corrected chi connectivity index (χ4v) is 4.94. The third-order valence-corrected chi connectivity index (χ3v) is 7.35. The van der Waals surface area contributed by atoms with Crippen LogP contribution < -0.4 is 0 Å². The highest BCUT2D eigenvalue weighted by Crippen LogP contribution is 2.35. The van der Waals surface area contributed by atoms with Crippen LogP contribution in [0.3, 0.4) is 0 Å². The quantitative estimate of drug-likeness (QED) is 0.188. The van der Waals surface area contributed by atoms with E-state index in [1.165, 1.54) is 0 Å². The maximum Gasteiger partial charge on any atom is 0.127 e. The fraction of sp³-hybridized carbons (Fsp3) is 0.158. The van der Waals surface area contributed by atoms with E-state index in [2.05, 4.69) is 74.1 Å². The standard InChI is InChI=1S/C38H36N2O2/c1-25(2)35-21-29(27-11-7-5-8-12-27)19-31(37(35)41)23-39-33-15-17-34(18-16-33)40-24-32-20-30(28-13-9-6-10-14-28)22-36(26(3)4)38(32)42/h5-26,41-42H,1-4H3. The van der Waals surface area contributed by atoms with E-state index in [-0.39, 0.29) is 23.3 Å². The van der Waals surface area contributed by atoms with Crippen LogP contribution in [-0.4, -0.2) is 22.6 Å². The molecule has 0 saturated carbocycles. The van der Waals surface area contributed by atoms with Gasteiger partial charge < -0.3 is 10.2 Å². The van der Waals surface area contributed by atoms with E-state index in [1.54, 1.807) is 12.4 Å². The van der Waals surface area contributed by atoms with E-state index >= 15 is 0 Å². The van der Waals surface area contributed by atoms with Gasteiger partial charge in [0.15, 0.2) is 0 Å². The van der Waals surface area contributed by atoms with Crippen LogP contribution in [0.15, 0.2) is 119 Å². The fourth-order valence-electron chi connectivity index (χ4n) is 4.94. The first-order valence-corrected chi connectivity index (χ1v) is 14.3. The first-order valence-electron chi connectivity index (χ1n) is 14.3. The van der Waals surface area contributed by atoms with Gasteiger partial charge in [0.1, 0.15) is 11.5 Å². The summed E-state index contributed by atoms with van der Waals surface area (Å²) in [4.78, 5) is 9.29. The summed E-state index contributed by atoms with van der Waals surface area (Å²) in [6, 6.07) is 35.9. The Balaban J connectivity index is 1.40. The maximum atomic E-state index is 11.0. The van der Waals surface area contributed by atoms with Crippen molar-refractivity contribution < 1.29 is 10.2 Å². The van der Waals surface area contributed by atoms with E-state index in [4.69, 9.17) is 0 Å². The Morgan fingerprint density at radius 2 is 0.833 bits per heavy atom. The van der Waals surface area contributed by atoms with Gasteiger partial charge >= 0.3 is 0 Å². The van der Waals surface area contributed by atoms with E-state index in [9.17, 15) is 10.2 Å². The third kappa shape index (κ3) is 6.50. The molecule has 0 heterocycles. The number of hydrogen-bond acceptors (Lipinski definition) is 4. The second-order valence-corrected chi connectivity index (χ2v) is 11.1. The number of phenols is 2. The molecule has 0 aliphatic heterocycles. The Bertz CT molecular complexity index is 1590. The molecular weight excluding hydrogens is 516 g/mol. The smallest absolute Gasteiger partial charge is 0.127 e. The minimum Gasteiger partial charge on any atom is -0.507 e. The number of aromatic hydroxyl groups is 2. The van der Waals surface area contributed by atoms with Gasteiger partial charge in [-0.25, -0.2) is 0 Å². The highest BCUT2D eigenvalue weighted by Gasteiger charge is 2.14. The lowest BCUT2D eigenvalue weighted by atomic mass is 9.93. The number of hydrogen-bond donors (Lipinski definition) is 2. The summed E-state index contributed by atoms with van der Waals surface area (Å²) in [6.45, 7) is 8.30. The summed E-state index contributed by atoms with van der Waals surface area (Å²) in [5, 5.41) is 21.9. The molecule has 5 rings (SSSR count). The second kappa shape index (κ2) is 12.7. The molecule has 0 saturated heterocycles. The van der Waals surface area contributed by atoms with Gasteiger partial charge in [-0.3, -0.25) is 9.98 Å². The summed E-state index contributed by atoms with van der Waals surface area (Å²) in [5.74, 6) is 0.853. The topological polar surface area (TPSA) is 65.2 Å². The molecular formula is C38H36N2O2. The number of nitrogens with zero attached hydrogens (tertiary/aromatic N) is 2. The van der Waals surface area contributed by atoms with Crippen molar-refractivity contribution in [3.63, 3.8) is 0 Å². The Kier molecular flexibility index (Phi) is 8.63. The van der Waals surface area contributed by atoms with Crippen LogP contribution in [0, 0.1) is 0 Å². The molecule has 0 unspecified atom stereocenters. The molecule has 4 heteroatoms. The Hall–Kier alpha value is -4.96. The molecule has 0 fully saturated rings. The van der Waals surface area contributed by atoms with Crippen LogP contribution in [0.2, 0.25) is 0 Å². The number of phenolic OH excluding ortho intramolecular Hbond substituents is 2. The zero-order valence-electron chi connectivity index (χ0n) is 24.5. The molecule has 0 spiro atoms. The van der Waals surface area contributed by atoms with Crippen molar-refractivity contribution in [3.05, 3.63) is 131 Å². The molecule has 0 bridgehead atoms. The molecule has 0 aliphatic rings. The van der Waals surface area contributed by atoms with Gasteiger partial charge in [-0.05, 0) is 93.7 Å². The van der Waals surface area contributed by atoms with Crippen molar-refractivity contribution in [1.29, 1.82) is 0 Å². The summed E-state index contributed by atoms with van der Waals surface area (Å²) in [5.41, 5.74) is 8.92. The zero-order chi connectivity index (χ0) is 29.6. The van der Waals surface area contributed by atoms with Gasteiger partial charge in [-0.1, -0.05) is 88.4 Å². The molecule has 0 radical (unpaired) electrons. The predicted molar refractivity (Wildman–Crippen MR) is 176 cm³/mol. The van der Waals surface area contributed by atoms with Gasteiger partial charge in [0.05, 0.1) is 11.4 Å². The van der Waals surface area contributed by atoms with Gasteiger partial charge in [0.25, 0.3) is 0 Å². The minimum absolute atomic E-state index is 0.169. The van der Waals surface area contributed by atoms with Crippen LogP contribution in [-0.2, 0) is 0 Å². The first kappa shape index (κ1) is 28.6. The largest absolute Gasteiger partial charge is 0.507 e. The highest BCUT2D eigenvalue weighted by atomic mass is 16.3. The highest BCUT2D eigenvalue weighted by molar-refractivity contribution is 5.90. The third-order valence-electron chi connectivity index (χ3n) is 7.35. The molecule has 5 aromatic carbocycles. The van der Waals surface area contributed by atoms with E-state index in [1.807, 2.05) is 72.8 Å². The summed E-state index contributed by atoms with van der Waals surface area (Å²) in [6.07, 6.45) is 3.43. The van der Waals surface area contributed by atoms with E-state index in [0.29, 0.717) is 11.1 Å². The van der Waals surface area contributed by atoms with Crippen molar-refractivity contribution in [2.45, 2.75) is 39.5 Å². The molecule has 210 valence electrons. The zero-order valence-corrected chi connectivity index (χ0v) is 24.5. The lowest BCUT2D eigenvalue weighted by molar-refractivity contribution is 0.463. The summed E-state index contributed by atoms with van der Waals surface area (Å²) >= 11 is 0. The van der Waals surface area contributed by atoms with Gasteiger partial charge in [-0.15, -0.1) is 0 Å². The van der Waals surface area contributed by atoms with Crippen LogP contribution >= 0.6 is 0 Å².